The molecule has 0 aromatic carbocycles. The zero-order chi connectivity index (χ0) is 14.1. The third-order valence-corrected chi connectivity index (χ3v) is 6.04. The van der Waals surface area contributed by atoms with E-state index in [0.29, 0.717) is 6.54 Å². The monoisotopic (exact) mass is 310 g/mol. The molecular formula is C14H18N2O2S2. The number of aromatic nitrogens is 2. The fraction of sp³-hybridized carbons (Fsp3) is 0.571. The van der Waals surface area contributed by atoms with Crippen LogP contribution in [0.3, 0.4) is 0 Å². The second kappa shape index (κ2) is 5.87. The SMILES string of the molecule is CCn1c(SC2CCCCC2O)nc2ccsc2c1=O. The highest BCUT2D eigenvalue weighted by Gasteiger charge is 2.26. The second-order valence-corrected chi connectivity index (χ2v) is 7.21. The summed E-state index contributed by atoms with van der Waals surface area (Å²) in [6.45, 7) is 2.58. The molecule has 2 unspecified atom stereocenters. The van der Waals surface area contributed by atoms with Crippen LogP contribution in [-0.2, 0) is 6.54 Å². The molecule has 0 saturated heterocycles. The van der Waals surface area contributed by atoms with E-state index in [-0.39, 0.29) is 16.9 Å². The number of aliphatic hydroxyl groups is 1. The van der Waals surface area contributed by atoms with Gasteiger partial charge in [0.25, 0.3) is 5.56 Å². The quantitative estimate of drug-likeness (QED) is 0.886. The van der Waals surface area contributed by atoms with Gasteiger partial charge in [-0.05, 0) is 31.2 Å². The van der Waals surface area contributed by atoms with E-state index >= 15 is 0 Å². The third kappa shape index (κ3) is 2.52. The molecule has 108 valence electrons. The molecule has 0 bridgehead atoms. The summed E-state index contributed by atoms with van der Waals surface area (Å²) in [5, 5.41) is 12.9. The Kier molecular flexibility index (Phi) is 4.14. The average molecular weight is 310 g/mol. The van der Waals surface area contributed by atoms with Crippen LogP contribution in [0.25, 0.3) is 10.2 Å². The van der Waals surface area contributed by atoms with Gasteiger partial charge < -0.3 is 5.11 Å². The van der Waals surface area contributed by atoms with Gasteiger partial charge in [-0.1, -0.05) is 24.6 Å². The van der Waals surface area contributed by atoms with Crippen LogP contribution in [0.2, 0.25) is 0 Å². The summed E-state index contributed by atoms with van der Waals surface area (Å²) in [6, 6.07) is 1.89. The molecule has 1 aliphatic rings. The Morgan fingerprint density at radius 3 is 3.05 bits per heavy atom. The highest BCUT2D eigenvalue weighted by Crippen LogP contribution is 2.33. The Hall–Kier alpha value is -0.850. The zero-order valence-corrected chi connectivity index (χ0v) is 13.0. The van der Waals surface area contributed by atoms with Crippen molar-refractivity contribution < 1.29 is 5.11 Å². The van der Waals surface area contributed by atoms with Crippen molar-refractivity contribution in [3.05, 3.63) is 21.8 Å². The predicted molar refractivity (Wildman–Crippen MR) is 83.7 cm³/mol. The fourth-order valence-corrected chi connectivity index (χ4v) is 4.76. The molecule has 1 aliphatic carbocycles. The first-order valence-electron chi connectivity index (χ1n) is 7.03. The maximum atomic E-state index is 12.4. The van der Waals surface area contributed by atoms with Crippen LogP contribution in [0.1, 0.15) is 32.6 Å². The minimum atomic E-state index is -0.283. The van der Waals surface area contributed by atoms with Gasteiger partial charge in [0.15, 0.2) is 5.16 Å². The molecule has 0 spiro atoms. The van der Waals surface area contributed by atoms with Crippen molar-refractivity contribution in [2.75, 3.05) is 0 Å². The molecule has 0 radical (unpaired) electrons. The Morgan fingerprint density at radius 2 is 2.30 bits per heavy atom. The number of hydrogen-bond donors (Lipinski definition) is 1. The number of nitrogens with zero attached hydrogens (tertiary/aromatic N) is 2. The lowest BCUT2D eigenvalue weighted by atomic mass is 9.97. The van der Waals surface area contributed by atoms with Crippen LogP contribution in [0.15, 0.2) is 21.4 Å². The van der Waals surface area contributed by atoms with Crippen molar-refractivity contribution in [2.45, 2.75) is 55.7 Å². The predicted octanol–water partition coefficient (Wildman–Crippen LogP) is 2.87. The highest BCUT2D eigenvalue weighted by atomic mass is 32.2. The molecule has 0 amide bonds. The second-order valence-electron chi connectivity index (χ2n) is 5.09. The van der Waals surface area contributed by atoms with E-state index < -0.39 is 0 Å². The molecule has 20 heavy (non-hydrogen) atoms. The molecule has 1 saturated carbocycles. The highest BCUT2D eigenvalue weighted by molar-refractivity contribution is 7.99. The van der Waals surface area contributed by atoms with Gasteiger partial charge in [-0.2, -0.15) is 0 Å². The smallest absolute Gasteiger partial charge is 0.272 e. The first-order chi connectivity index (χ1) is 9.70. The number of rotatable bonds is 3. The standard InChI is InChI=1S/C14H18N2O2S2/c1-2-16-13(18)12-9(7-8-19-12)15-14(16)20-11-6-4-3-5-10(11)17/h7-8,10-11,17H,2-6H2,1H3. The van der Waals surface area contributed by atoms with Crippen LogP contribution in [0, 0.1) is 0 Å². The zero-order valence-electron chi connectivity index (χ0n) is 11.4. The summed E-state index contributed by atoms with van der Waals surface area (Å²) in [5.41, 5.74) is 0.817. The molecule has 2 atom stereocenters. The average Bonchev–Trinajstić information content (AvgIpc) is 2.90. The molecule has 3 rings (SSSR count). The maximum absolute atomic E-state index is 12.4. The van der Waals surface area contributed by atoms with E-state index in [4.69, 9.17) is 0 Å². The van der Waals surface area contributed by atoms with Gasteiger partial charge >= 0.3 is 0 Å². The summed E-state index contributed by atoms with van der Waals surface area (Å²) in [7, 11) is 0. The van der Waals surface area contributed by atoms with Crippen LogP contribution >= 0.6 is 23.1 Å². The Balaban J connectivity index is 1.99. The van der Waals surface area contributed by atoms with Crippen LogP contribution in [-0.4, -0.2) is 26.0 Å². The lowest BCUT2D eigenvalue weighted by Crippen LogP contribution is -2.29. The van der Waals surface area contributed by atoms with E-state index in [1.165, 1.54) is 11.3 Å². The lowest BCUT2D eigenvalue weighted by Gasteiger charge is -2.27. The molecular weight excluding hydrogens is 292 g/mol. The summed E-state index contributed by atoms with van der Waals surface area (Å²) in [6.07, 6.45) is 3.80. The molecule has 1 N–H and O–H groups in total. The van der Waals surface area contributed by atoms with Crippen molar-refractivity contribution in [1.29, 1.82) is 0 Å². The number of aliphatic hydroxyl groups excluding tert-OH is 1. The summed E-state index contributed by atoms with van der Waals surface area (Å²) in [4.78, 5) is 17.0. The van der Waals surface area contributed by atoms with Gasteiger partial charge in [0.1, 0.15) is 4.70 Å². The summed E-state index contributed by atoms with van der Waals surface area (Å²) >= 11 is 3.01. The van der Waals surface area contributed by atoms with Crippen LogP contribution in [0.4, 0.5) is 0 Å². The van der Waals surface area contributed by atoms with E-state index in [9.17, 15) is 9.90 Å². The van der Waals surface area contributed by atoms with Gasteiger partial charge in [0.2, 0.25) is 0 Å². The minimum absolute atomic E-state index is 0.0419. The van der Waals surface area contributed by atoms with Crippen molar-refractivity contribution >= 4 is 33.3 Å². The lowest BCUT2D eigenvalue weighted by molar-refractivity contribution is 0.136. The minimum Gasteiger partial charge on any atom is -0.392 e. The van der Waals surface area contributed by atoms with E-state index in [0.717, 1.165) is 41.1 Å². The largest absolute Gasteiger partial charge is 0.392 e. The number of thiophene rings is 1. The maximum Gasteiger partial charge on any atom is 0.272 e. The van der Waals surface area contributed by atoms with E-state index in [1.807, 2.05) is 18.4 Å². The van der Waals surface area contributed by atoms with E-state index in [1.54, 1.807) is 16.3 Å². The van der Waals surface area contributed by atoms with Gasteiger partial charge in [0.05, 0.1) is 11.6 Å². The number of fused-ring (bicyclic) bond motifs is 1. The molecule has 1 fully saturated rings. The normalized spacial score (nSPS) is 23.3. The van der Waals surface area contributed by atoms with E-state index in [2.05, 4.69) is 4.98 Å². The number of thioether (sulfide) groups is 1. The van der Waals surface area contributed by atoms with Crippen LogP contribution < -0.4 is 5.56 Å². The molecule has 6 heteroatoms. The molecule has 2 aromatic rings. The third-order valence-electron chi connectivity index (χ3n) is 3.77. The Labute approximate surface area is 125 Å². The van der Waals surface area contributed by atoms with Gasteiger partial charge in [-0.15, -0.1) is 11.3 Å². The van der Waals surface area contributed by atoms with Gasteiger partial charge in [-0.25, -0.2) is 4.98 Å². The Morgan fingerprint density at radius 1 is 1.50 bits per heavy atom. The molecule has 4 nitrogen and oxygen atoms in total. The van der Waals surface area contributed by atoms with Gasteiger partial charge in [-0.3, -0.25) is 9.36 Å². The van der Waals surface area contributed by atoms with Crippen LogP contribution in [0.5, 0.6) is 0 Å². The number of hydrogen-bond acceptors (Lipinski definition) is 5. The van der Waals surface area contributed by atoms with Crippen molar-refractivity contribution in [3.8, 4) is 0 Å². The Bertz CT molecular complexity index is 665. The van der Waals surface area contributed by atoms with Gasteiger partial charge in [0, 0.05) is 11.8 Å². The fourth-order valence-electron chi connectivity index (χ4n) is 2.64. The first-order valence-corrected chi connectivity index (χ1v) is 8.79. The topological polar surface area (TPSA) is 55.1 Å². The molecule has 0 aliphatic heterocycles. The first kappa shape index (κ1) is 14.1. The summed E-state index contributed by atoms with van der Waals surface area (Å²) in [5.74, 6) is 0. The molecule has 2 aromatic heterocycles. The van der Waals surface area contributed by atoms with Crippen molar-refractivity contribution in [2.24, 2.45) is 0 Å². The van der Waals surface area contributed by atoms with Crippen molar-refractivity contribution in [3.63, 3.8) is 0 Å². The van der Waals surface area contributed by atoms with Crippen molar-refractivity contribution in [1.82, 2.24) is 9.55 Å². The molecule has 2 heterocycles. The summed E-state index contributed by atoms with van der Waals surface area (Å²) < 4.78 is 2.45.